The largest absolute Gasteiger partial charge is 0.179 e. The lowest BCUT2D eigenvalue weighted by Crippen LogP contribution is -1.85. The van der Waals surface area contributed by atoms with Crippen molar-refractivity contribution in [1.29, 1.82) is 0 Å². The van der Waals surface area contributed by atoms with Gasteiger partial charge in [0.15, 0.2) is 0 Å². The van der Waals surface area contributed by atoms with Crippen molar-refractivity contribution in [2.45, 2.75) is 70.6 Å². The highest BCUT2D eigenvalue weighted by Crippen LogP contribution is 2.13. The summed E-state index contributed by atoms with van der Waals surface area (Å²) in [6.45, 7) is 0. The molecule has 1 aromatic rings. The molecule has 0 unspecified atom stereocenters. The molecule has 0 aromatic carbocycles. The normalized spacial score (nSPS) is 10.9. The fourth-order valence-corrected chi connectivity index (χ4v) is 3.22. The van der Waals surface area contributed by atoms with Crippen molar-refractivity contribution in [1.82, 2.24) is 0 Å². The Morgan fingerprint density at radius 1 is 0.778 bits per heavy atom. The number of thiol groups is 1. The minimum atomic E-state index is 1.06. The monoisotopic (exact) mass is 284 g/mol. The summed E-state index contributed by atoms with van der Waals surface area (Å²) >= 11 is 6.05. The zero-order chi connectivity index (χ0) is 12.9. The van der Waals surface area contributed by atoms with Gasteiger partial charge in [0.1, 0.15) is 0 Å². The first-order valence-electron chi connectivity index (χ1n) is 7.55. The molecule has 0 N–H and O–H groups in total. The molecule has 0 aliphatic carbocycles. The lowest BCUT2D eigenvalue weighted by molar-refractivity contribution is 0.557. The fourth-order valence-electron chi connectivity index (χ4n) is 2.29. The van der Waals surface area contributed by atoms with Crippen LogP contribution >= 0.6 is 24.0 Å². The molecule has 2 heteroatoms. The Bertz CT molecular complexity index is 254. The molecule has 1 aromatic heterocycles. The Labute approximate surface area is 123 Å². The fraction of sp³-hybridized carbons (Fsp3) is 0.750. The van der Waals surface area contributed by atoms with Gasteiger partial charge in [0.2, 0.25) is 0 Å². The van der Waals surface area contributed by atoms with Gasteiger partial charge in [-0.25, -0.2) is 0 Å². The predicted octanol–water partition coefficient (Wildman–Crippen LogP) is 6.12. The number of hydrogen-bond acceptors (Lipinski definition) is 2. The Kier molecular flexibility index (Phi) is 10.8. The Hall–Kier alpha value is 0.0500. The van der Waals surface area contributed by atoms with E-state index in [1.165, 1.54) is 76.2 Å². The molecule has 0 saturated heterocycles. The molecule has 1 rings (SSSR count). The highest BCUT2D eigenvalue weighted by atomic mass is 32.1. The SMILES string of the molecule is SCCCCCCCCCCCCc1ccsc1. The summed E-state index contributed by atoms with van der Waals surface area (Å²) in [5.74, 6) is 1.06. The summed E-state index contributed by atoms with van der Waals surface area (Å²) in [5.41, 5.74) is 1.53. The van der Waals surface area contributed by atoms with E-state index < -0.39 is 0 Å². The molecule has 0 aliphatic rings. The van der Waals surface area contributed by atoms with E-state index in [0.29, 0.717) is 0 Å². The maximum atomic E-state index is 4.23. The van der Waals surface area contributed by atoms with Crippen LogP contribution in [0.3, 0.4) is 0 Å². The van der Waals surface area contributed by atoms with Crippen molar-refractivity contribution in [3.8, 4) is 0 Å². The second-order valence-electron chi connectivity index (χ2n) is 5.14. The molecular formula is C16H28S2. The van der Waals surface area contributed by atoms with Gasteiger partial charge in [-0.2, -0.15) is 24.0 Å². The first-order valence-corrected chi connectivity index (χ1v) is 9.13. The number of aryl methyl sites for hydroxylation is 1. The molecule has 18 heavy (non-hydrogen) atoms. The lowest BCUT2D eigenvalue weighted by atomic mass is 10.0. The molecule has 0 nitrogen and oxygen atoms in total. The number of rotatable bonds is 12. The van der Waals surface area contributed by atoms with Crippen LogP contribution in [0.15, 0.2) is 16.8 Å². The van der Waals surface area contributed by atoms with Crippen LogP contribution in [0.4, 0.5) is 0 Å². The molecule has 0 saturated carbocycles. The zero-order valence-corrected chi connectivity index (χ0v) is 13.3. The van der Waals surface area contributed by atoms with Crippen LogP contribution in [0.2, 0.25) is 0 Å². The van der Waals surface area contributed by atoms with Gasteiger partial charge in [-0.15, -0.1) is 0 Å². The first kappa shape index (κ1) is 16.1. The topological polar surface area (TPSA) is 0 Å². The average Bonchev–Trinajstić information content (AvgIpc) is 2.89. The molecule has 0 fully saturated rings. The van der Waals surface area contributed by atoms with Crippen LogP contribution in [0, 0.1) is 0 Å². The molecule has 0 radical (unpaired) electrons. The smallest absolute Gasteiger partial charge is 0.00613 e. The van der Waals surface area contributed by atoms with E-state index in [4.69, 9.17) is 0 Å². The van der Waals surface area contributed by atoms with Gasteiger partial charge in [-0.1, -0.05) is 51.4 Å². The number of hydrogen-bond donors (Lipinski definition) is 1. The van der Waals surface area contributed by atoms with Crippen LogP contribution in [-0.2, 0) is 6.42 Å². The van der Waals surface area contributed by atoms with Gasteiger partial charge in [0.25, 0.3) is 0 Å². The number of thiophene rings is 1. The van der Waals surface area contributed by atoms with E-state index in [1.807, 2.05) is 11.3 Å². The molecular weight excluding hydrogens is 256 g/mol. The van der Waals surface area contributed by atoms with Gasteiger partial charge in [-0.05, 0) is 47.4 Å². The minimum absolute atomic E-state index is 1.06. The summed E-state index contributed by atoms with van der Waals surface area (Å²) in [6, 6.07) is 2.26. The highest BCUT2D eigenvalue weighted by Gasteiger charge is 1.95. The molecule has 0 spiro atoms. The minimum Gasteiger partial charge on any atom is -0.179 e. The number of unbranched alkanes of at least 4 members (excludes halogenated alkanes) is 9. The third-order valence-corrected chi connectivity index (χ3v) is 4.50. The van der Waals surface area contributed by atoms with Crippen LogP contribution in [0.5, 0.6) is 0 Å². The van der Waals surface area contributed by atoms with Crippen LogP contribution < -0.4 is 0 Å². The Morgan fingerprint density at radius 2 is 1.33 bits per heavy atom. The van der Waals surface area contributed by atoms with Crippen LogP contribution in [0.25, 0.3) is 0 Å². The van der Waals surface area contributed by atoms with E-state index in [1.54, 1.807) is 0 Å². The summed E-state index contributed by atoms with van der Waals surface area (Å²) in [7, 11) is 0. The van der Waals surface area contributed by atoms with E-state index in [2.05, 4.69) is 29.5 Å². The Morgan fingerprint density at radius 3 is 1.83 bits per heavy atom. The second kappa shape index (κ2) is 12.1. The lowest BCUT2D eigenvalue weighted by Gasteiger charge is -2.02. The van der Waals surface area contributed by atoms with Gasteiger partial charge < -0.3 is 0 Å². The van der Waals surface area contributed by atoms with Crippen molar-refractivity contribution < 1.29 is 0 Å². The third-order valence-electron chi connectivity index (χ3n) is 3.45. The van der Waals surface area contributed by atoms with Crippen LogP contribution in [0.1, 0.15) is 69.8 Å². The molecule has 0 aliphatic heterocycles. The molecule has 0 amide bonds. The Balaban J connectivity index is 1.73. The molecule has 0 bridgehead atoms. The van der Waals surface area contributed by atoms with Crippen molar-refractivity contribution in [2.24, 2.45) is 0 Å². The second-order valence-corrected chi connectivity index (χ2v) is 6.37. The first-order chi connectivity index (χ1) is 8.93. The third kappa shape index (κ3) is 9.04. The molecule has 1 heterocycles. The zero-order valence-electron chi connectivity index (χ0n) is 11.6. The van der Waals surface area contributed by atoms with Crippen LogP contribution in [-0.4, -0.2) is 5.75 Å². The van der Waals surface area contributed by atoms with Gasteiger partial charge in [-0.3, -0.25) is 0 Å². The predicted molar refractivity (Wildman–Crippen MR) is 88.0 cm³/mol. The van der Waals surface area contributed by atoms with Gasteiger partial charge in [0.05, 0.1) is 0 Å². The highest BCUT2D eigenvalue weighted by molar-refractivity contribution is 7.80. The van der Waals surface area contributed by atoms with E-state index in [0.717, 1.165) is 5.75 Å². The van der Waals surface area contributed by atoms with Crippen molar-refractivity contribution in [3.63, 3.8) is 0 Å². The maximum absolute atomic E-state index is 4.23. The quantitative estimate of drug-likeness (QED) is 0.347. The van der Waals surface area contributed by atoms with Crippen molar-refractivity contribution in [2.75, 3.05) is 5.75 Å². The summed E-state index contributed by atoms with van der Waals surface area (Å²) in [4.78, 5) is 0. The van der Waals surface area contributed by atoms with Gasteiger partial charge >= 0.3 is 0 Å². The van der Waals surface area contributed by atoms with E-state index in [9.17, 15) is 0 Å². The summed E-state index contributed by atoms with van der Waals surface area (Å²) < 4.78 is 0. The standard InChI is InChI=1S/C16H28S2/c17-13-10-8-6-4-2-1-3-5-7-9-11-16-12-14-18-15-16/h12,14-15,17H,1-11,13H2. The van der Waals surface area contributed by atoms with Crippen molar-refractivity contribution >= 4 is 24.0 Å². The molecule has 0 atom stereocenters. The molecule has 104 valence electrons. The summed E-state index contributed by atoms with van der Waals surface area (Å²) in [6.07, 6.45) is 15.4. The summed E-state index contributed by atoms with van der Waals surface area (Å²) in [5, 5.41) is 4.47. The van der Waals surface area contributed by atoms with Gasteiger partial charge in [0, 0.05) is 0 Å². The maximum Gasteiger partial charge on any atom is -0.00613 e. The van der Waals surface area contributed by atoms with E-state index in [-0.39, 0.29) is 0 Å². The van der Waals surface area contributed by atoms with Crippen molar-refractivity contribution in [3.05, 3.63) is 22.4 Å². The average molecular weight is 285 g/mol. The van der Waals surface area contributed by atoms with E-state index >= 15 is 0 Å².